The van der Waals surface area contributed by atoms with E-state index in [1.54, 1.807) is 0 Å². The van der Waals surface area contributed by atoms with Crippen molar-refractivity contribution >= 4 is 5.97 Å². The molecule has 17 heavy (non-hydrogen) atoms. The molecule has 0 spiro atoms. The predicted molar refractivity (Wildman–Crippen MR) is 67.5 cm³/mol. The standard InChI is InChI=1S/C14H24O3/c1-14(2,3)17-13(15)12(16-4)10-11-8-6-5-7-9-11/h10-11H,5-9H2,1-4H3. The Morgan fingerprint density at radius 3 is 2.24 bits per heavy atom. The lowest BCUT2D eigenvalue weighted by atomic mass is 9.89. The molecule has 0 unspecified atom stereocenters. The van der Waals surface area contributed by atoms with Crippen LogP contribution in [0.3, 0.4) is 0 Å². The Kier molecular flexibility index (Phi) is 5.03. The minimum absolute atomic E-state index is 0.354. The second kappa shape index (κ2) is 6.08. The SMILES string of the molecule is COC(=CC1CCCCC1)C(=O)OC(C)(C)C. The van der Waals surface area contributed by atoms with E-state index < -0.39 is 5.60 Å². The summed E-state index contributed by atoms with van der Waals surface area (Å²) in [6.07, 6.45) is 8.02. The van der Waals surface area contributed by atoms with E-state index in [9.17, 15) is 4.79 Å². The van der Waals surface area contributed by atoms with E-state index in [4.69, 9.17) is 9.47 Å². The normalized spacial score (nSPS) is 18.9. The van der Waals surface area contributed by atoms with Crippen LogP contribution in [-0.2, 0) is 14.3 Å². The minimum atomic E-state index is -0.471. The molecule has 0 amide bonds. The van der Waals surface area contributed by atoms with E-state index in [1.165, 1.54) is 26.4 Å². The summed E-state index contributed by atoms with van der Waals surface area (Å²) >= 11 is 0. The van der Waals surface area contributed by atoms with Crippen LogP contribution in [0.2, 0.25) is 0 Å². The first-order valence-electron chi connectivity index (χ1n) is 6.41. The van der Waals surface area contributed by atoms with Gasteiger partial charge in [0.1, 0.15) is 5.60 Å². The largest absolute Gasteiger partial charge is 0.490 e. The Bertz CT molecular complexity index is 280. The van der Waals surface area contributed by atoms with Crippen molar-refractivity contribution in [2.75, 3.05) is 7.11 Å². The van der Waals surface area contributed by atoms with Gasteiger partial charge in [0.15, 0.2) is 0 Å². The maximum atomic E-state index is 11.8. The van der Waals surface area contributed by atoms with Gasteiger partial charge in [0, 0.05) is 0 Å². The number of rotatable bonds is 3. The van der Waals surface area contributed by atoms with Crippen LogP contribution < -0.4 is 0 Å². The van der Waals surface area contributed by atoms with Gasteiger partial charge in [-0.05, 0) is 45.6 Å². The Morgan fingerprint density at radius 2 is 1.76 bits per heavy atom. The van der Waals surface area contributed by atoms with Crippen molar-refractivity contribution in [1.29, 1.82) is 0 Å². The third-order valence-corrected chi connectivity index (χ3v) is 2.86. The monoisotopic (exact) mass is 240 g/mol. The Morgan fingerprint density at radius 1 is 1.18 bits per heavy atom. The number of carbonyl (C=O) groups excluding carboxylic acids is 1. The van der Waals surface area contributed by atoms with Crippen molar-refractivity contribution in [3.05, 3.63) is 11.8 Å². The molecular weight excluding hydrogens is 216 g/mol. The first-order valence-corrected chi connectivity index (χ1v) is 6.41. The first-order chi connectivity index (χ1) is 7.92. The van der Waals surface area contributed by atoms with Gasteiger partial charge < -0.3 is 9.47 Å². The number of hydrogen-bond donors (Lipinski definition) is 0. The molecule has 1 fully saturated rings. The average Bonchev–Trinajstić information content (AvgIpc) is 2.24. The lowest BCUT2D eigenvalue weighted by Gasteiger charge is -2.22. The second-order valence-electron chi connectivity index (χ2n) is 5.64. The highest BCUT2D eigenvalue weighted by molar-refractivity contribution is 5.86. The van der Waals surface area contributed by atoms with Crippen LogP contribution in [0, 0.1) is 5.92 Å². The lowest BCUT2D eigenvalue weighted by Crippen LogP contribution is -2.25. The van der Waals surface area contributed by atoms with Crippen molar-refractivity contribution in [2.24, 2.45) is 5.92 Å². The number of esters is 1. The highest BCUT2D eigenvalue weighted by Gasteiger charge is 2.22. The number of carbonyl (C=O) groups is 1. The van der Waals surface area contributed by atoms with Gasteiger partial charge in [0.2, 0.25) is 5.76 Å². The Balaban J connectivity index is 2.62. The molecule has 98 valence electrons. The summed E-state index contributed by atoms with van der Waals surface area (Å²) in [4.78, 5) is 11.8. The van der Waals surface area contributed by atoms with Gasteiger partial charge in [0.05, 0.1) is 7.11 Å². The molecule has 0 aromatic heterocycles. The van der Waals surface area contributed by atoms with E-state index in [0.29, 0.717) is 11.7 Å². The molecule has 0 N–H and O–H groups in total. The van der Waals surface area contributed by atoms with Crippen LogP contribution in [0.5, 0.6) is 0 Å². The van der Waals surface area contributed by atoms with Crippen LogP contribution in [0.4, 0.5) is 0 Å². The zero-order chi connectivity index (χ0) is 12.9. The molecule has 1 aliphatic rings. The van der Waals surface area contributed by atoms with Gasteiger partial charge in [-0.2, -0.15) is 0 Å². The zero-order valence-corrected chi connectivity index (χ0v) is 11.4. The van der Waals surface area contributed by atoms with Crippen molar-refractivity contribution in [3.63, 3.8) is 0 Å². The molecule has 3 heteroatoms. The molecule has 1 rings (SSSR count). The van der Waals surface area contributed by atoms with Gasteiger partial charge in [0.25, 0.3) is 0 Å². The highest BCUT2D eigenvalue weighted by Crippen LogP contribution is 2.26. The van der Waals surface area contributed by atoms with Gasteiger partial charge in [-0.25, -0.2) is 4.79 Å². The van der Waals surface area contributed by atoms with Crippen molar-refractivity contribution in [3.8, 4) is 0 Å². The molecule has 0 bridgehead atoms. The van der Waals surface area contributed by atoms with Crippen LogP contribution in [0.25, 0.3) is 0 Å². The van der Waals surface area contributed by atoms with Crippen LogP contribution in [0.1, 0.15) is 52.9 Å². The van der Waals surface area contributed by atoms with Crippen molar-refractivity contribution < 1.29 is 14.3 Å². The van der Waals surface area contributed by atoms with E-state index >= 15 is 0 Å². The maximum Gasteiger partial charge on any atom is 0.373 e. The Hall–Kier alpha value is -0.990. The molecule has 0 heterocycles. The fourth-order valence-electron chi connectivity index (χ4n) is 2.06. The number of methoxy groups -OCH3 is 1. The highest BCUT2D eigenvalue weighted by atomic mass is 16.6. The molecule has 0 radical (unpaired) electrons. The minimum Gasteiger partial charge on any atom is -0.490 e. The molecule has 0 aromatic carbocycles. The predicted octanol–water partition coefficient (Wildman–Crippen LogP) is 3.44. The van der Waals surface area contributed by atoms with Gasteiger partial charge in [-0.15, -0.1) is 0 Å². The van der Waals surface area contributed by atoms with Crippen LogP contribution in [0.15, 0.2) is 11.8 Å². The van der Waals surface area contributed by atoms with E-state index in [0.717, 1.165) is 12.8 Å². The van der Waals surface area contributed by atoms with E-state index in [2.05, 4.69) is 0 Å². The fourth-order valence-corrected chi connectivity index (χ4v) is 2.06. The van der Waals surface area contributed by atoms with Gasteiger partial charge in [-0.1, -0.05) is 19.3 Å². The summed E-state index contributed by atoms with van der Waals surface area (Å²) in [5.74, 6) is 0.462. The van der Waals surface area contributed by atoms with Crippen LogP contribution in [-0.4, -0.2) is 18.7 Å². The van der Waals surface area contributed by atoms with Gasteiger partial charge in [-0.3, -0.25) is 0 Å². The quantitative estimate of drug-likeness (QED) is 0.430. The summed E-state index contributed by atoms with van der Waals surface area (Å²) in [7, 11) is 1.53. The average molecular weight is 240 g/mol. The van der Waals surface area contributed by atoms with Crippen molar-refractivity contribution in [2.45, 2.75) is 58.5 Å². The molecule has 1 saturated carbocycles. The molecule has 0 aliphatic heterocycles. The summed E-state index contributed by atoms with van der Waals surface area (Å²) in [6.45, 7) is 5.58. The zero-order valence-electron chi connectivity index (χ0n) is 11.4. The molecule has 1 aliphatic carbocycles. The summed E-state index contributed by atoms with van der Waals surface area (Å²) in [5.41, 5.74) is -0.471. The molecular formula is C14H24O3. The topological polar surface area (TPSA) is 35.5 Å². The Labute approximate surface area is 104 Å². The molecule has 3 nitrogen and oxygen atoms in total. The van der Waals surface area contributed by atoms with E-state index in [-0.39, 0.29) is 5.97 Å². The molecule has 0 saturated heterocycles. The smallest absolute Gasteiger partial charge is 0.373 e. The number of ether oxygens (including phenoxy) is 2. The maximum absolute atomic E-state index is 11.8. The lowest BCUT2D eigenvalue weighted by molar-refractivity contribution is -0.153. The third-order valence-electron chi connectivity index (χ3n) is 2.86. The fraction of sp³-hybridized carbons (Fsp3) is 0.786. The number of allylic oxidation sites excluding steroid dienone is 1. The van der Waals surface area contributed by atoms with E-state index in [1.807, 2.05) is 26.8 Å². The molecule has 0 aromatic rings. The molecule has 0 atom stereocenters. The summed E-state index contributed by atoms with van der Waals surface area (Å²) in [5, 5.41) is 0. The van der Waals surface area contributed by atoms with Crippen molar-refractivity contribution in [1.82, 2.24) is 0 Å². The van der Waals surface area contributed by atoms with Gasteiger partial charge >= 0.3 is 5.97 Å². The third kappa shape index (κ3) is 5.24. The summed E-state index contributed by atoms with van der Waals surface area (Å²) in [6, 6.07) is 0. The first kappa shape index (κ1) is 14.1. The summed E-state index contributed by atoms with van der Waals surface area (Å²) < 4.78 is 10.4. The second-order valence-corrected chi connectivity index (χ2v) is 5.64. The number of hydrogen-bond acceptors (Lipinski definition) is 3. The van der Waals surface area contributed by atoms with Crippen LogP contribution >= 0.6 is 0 Å².